The number of amides is 8. The highest BCUT2D eigenvalue weighted by atomic mass is 16.2. The van der Waals surface area contributed by atoms with Crippen LogP contribution in [0.2, 0.25) is 0 Å². The zero-order valence-corrected chi connectivity index (χ0v) is 27.4. The van der Waals surface area contributed by atoms with E-state index in [4.69, 9.17) is 0 Å². The number of carbonyl (C=O) groups is 4. The van der Waals surface area contributed by atoms with Gasteiger partial charge in [0.15, 0.2) is 0 Å². The van der Waals surface area contributed by atoms with Gasteiger partial charge in [-0.2, -0.15) is 0 Å². The van der Waals surface area contributed by atoms with Crippen molar-refractivity contribution in [3.63, 3.8) is 0 Å². The average Bonchev–Trinajstić information content (AvgIpc) is 3.12. The largest absolute Gasteiger partial charge is 0.338 e. The van der Waals surface area contributed by atoms with Crippen LogP contribution in [0.1, 0.15) is 26.7 Å². The van der Waals surface area contributed by atoms with E-state index in [1.165, 1.54) is 9.80 Å². The lowest BCUT2D eigenvalue weighted by molar-refractivity contribution is 0.229. The van der Waals surface area contributed by atoms with E-state index < -0.39 is 24.1 Å². The summed E-state index contributed by atoms with van der Waals surface area (Å²) in [6.45, 7) is 3.90. The molecule has 0 aliphatic carbocycles. The Morgan fingerprint density at radius 1 is 0.400 bits per heavy atom. The van der Waals surface area contributed by atoms with Gasteiger partial charge in [-0.25, -0.2) is 19.2 Å². The molecule has 4 aromatic carbocycles. The van der Waals surface area contributed by atoms with Crippen LogP contribution in [0, 0.1) is 0 Å². The Balaban J connectivity index is 0.00000676. The second kappa shape index (κ2) is 22.0. The number of hydrogen-bond donors (Lipinski definition) is 6. The lowest BCUT2D eigenvalue weighted by Gasteiger charge is -2.23. The van der Waals surface area contributed by atoms with Crippen molar-refractivity contribution in [1.29, 1.82) is 0 Å². The third-order valence-electron chi connectivity index (χ3n) is 7.24. The Morgan fingerprint density at radius 2 is 0.660 bits per heavy atom. The highest BCUT2D eigenvalue weighted by Crippen LogP contribution is 2.26. The Hall–Kier alpha value is -5.72. The van der Waals surface area contributed by atoms with Crippen molar-refractivity contribution < 1.29 is 19.2 Å². The summed E-state index contributed by atoms with van der Waals surface area (Å²) in [6.07, 6.45) is 2.33. The Morgan fingerprint density at radius 3 is 0.940 bits per heavy atom. The molecule has 0 atom stereocenters. The van der Waals surface area contributed by atoms with Gasteiger partial charge >= 0.3 is 24.1 Å². The van der Waals surface area contributed by atoms with Crippen LogP contribution in [0.3, 0.4) is 0 Å². The van der Waals surface area contributed by atoms with Gasteiger partial charge in [0.2, 0.25) is 0 Å². The summed E-state index contributed by atoms with van der Waals surface area (Å²) >= 11 is 0. The summed E-state index contributed by atoms with van der Waals surface area (Å²) < 4.78 is 0. The van der Waals surface area contributed by atoms with E-state index in [-0.39, 0.29) is 7.43 Å². The zero-order chi connectivity index (χ0) is 34.5. The van der Waals surface area contributed by atoms with Gasteiger partial charge in [0.25, 0.3) is 0 Å². The van der Waals surface area contributed by atoms with Gasteiger partial charge in [-0.3, -0.25) is 20.4 Å². The van der Waals surface area contributed by atoms with Crippen molar-refractivity contribution in [3.8, 4) is 0 Å². The molecule has 50 heavy (non-hydrogen) atoms. The number of nitrogens with zero attached hydrogens (tertiary/aromatic N) is 2. The van der Waals surface area contributed by atoms with Crippen molar-refractivity contribution >= 4 is 46.9 Å². The molecule has 6 N–H and O–H groups in total. The molecule has 12 heteroatoms. The van der Waals surface area contributed by atoms with Gasteiger partial charge in [0.05, 0.1) is 22.7 Å². The van der Waals surface area contributed by atoms with Crippen molar-refractivity contribution in [2.45, 2.75) is 26.7 Å². The molecule has 4 aromatic rings. The van der Waals surface area contributed by atoms with Gasteiger partial charge < -0.3 is 21.3 Å². The number of hydrogen-bond acceptors (Lipinski definition) is 6. The van der Waals surface area contributed by atoms with Crippen molar-refractivity contribution in [3.05, 3.63) is 121 Å². The first kappa shape index (κ1) is 38.7. The van der Waals surface area contributed by atoms with Gasteiger partial charge in [-0.1, -0.05) is 80.2 Å². The molecule has 0 radical (unpaired) electrons. The second-order valence-corrected chi connectivity index (χ2v) is 10.9. The molecule has 8 amide bonds. The van der Waals surface area contributed by atoms with Crippen LogP contribution in [-0.4, -0.2) is 63.4 Å². The van der Waals surface area contributed by atoms with E-state index in [1.807, 2.05) is 121 Å². The molecule has 12 nitrogen and oxygen atoms in total. The number of carbonyl (C=O) groups excluding carboxylic acids is 4. The van der Waals surface area contributed by atoms with E-state index in [0.29, 0.717) is 48.7 Å². The highest BCUT2D eigenvalue weighted by molar-refractivity contribution is 6.07. The highest BCUT2D eigenvalue weighted by Gasteiger charge is 2.21. The molecule has 0 saturated heterocycles. The molecular weight excluding hydrogens is 632 g/mol. The van der Waals surface area contributed by atoms with Crippen LogP contribution in [-0.2, 0) is 0 Å². The summed E-state index contributed by atoms with van der Waals surface area (Å²) in [6, 6.07) is 34.4. The predicted octanol–water partition coefficient (Wildman–Crippen LogP) is 6.49. The summed E-state index contributed by atoms with van der Waals surface area (Å²) in [5.41, 5.74) is 2.61. The summed E-state index contributed by atoms with van der Waals surface area (Å²) in [5, 5.41) is 17.0. The summed E-state index contributed by atoms with van der Waals surface area (Å²) in [7, 11) is 0. The van der Waals surface area contributed by atoms with E-state index in [1.54, 1.807) is 0 Å². The molecule has 0 fully saturated rings. The van der Waals surface area contributed by atoms with Gasteiger partial charge in [-0.05, 0) is 94.0 Å². The fourth-order valence-electron chi connectivity index (χ4n) is 4.89. The first-order valence-corrected chi connectivity index (χ1v) is 16.4. The number of anilines is 4. The molecule has 0 bridgehead atoms. The Bertz CT molecular complexity index is 1380. The molecule has 4 rings (SSSR count). The molecule has 0 aliphatic heterocycles. The minimum atomic E-state index is -0.550. The molecular formula is C38H48N8O4. The molecule has 0 aromatic heterocycles. The normalized spacial score (nSPS) is 10.2. The number of imide groups is 2. The fraction of sp³-hybridized carbons (Fsp3) is 0.263. The van der Waals surface area contributed by atoms with Gasteiger partial charge in [0.1, 0.15) is 0 Å². The van der Waals surface area contributed by atoms with Crippen LogP contribution in [0.25, 0.3) is 0 Å². The molecule has 0 unspecified atom stereocenters. The second-order valence-electron chi connectivity index (χ2n) is 10.9. The minimum Gasteiger partial charge on any atom is -0.338 e. The number of para-hydroxylation sites is 4. The number of rotatable bonds is 16. The first-order chi connectivity index (χ1) is 24.0. The van der Waals surface area contributed by atoms with E-state index in [9.17, 15) is 19.2 Å². The van der Waals surface area contributed by atoms with Crippen molar-refractivity contribution in [1.82, 2.24) is 31.9 Å². The maximum atomic E-state index is 13.0. The Kier molecular flexibility index (Phi) is 17.1. The fourth-order valence-corrected chi connectivity index (χ4v) is 4.89. The molecule has 0 spiro atoms. The summed E-state index contributed by atoms with van der Waals surface area (Å²) in [4.78, 5) is 53.6. The minimum absolute atomic E-state index is 0. The zero-order valence-electron chi connectivity index (χ0n) is 27.4. The lowest BCUT2D eigenvalue weighted by Crippen LogP contribution is -2.46. The van der Waals surface area contributed by atoms with Crippen LogP contribution in [0.15, 0.2) is 121 Å². The lowest BCUT2D eigenvalue weighted by atomic mass is 10.2. The third-order valence-corrected chi connectivity index (χ3v) is 7.24. The molecule has 0 heterocycles. The number of urea groups is 4. The van der Waals surface area contributed by atoms with Crippen molar-refractivity contribution in [2.75, 3.05) is 49.1 Å². The number of nitrogens with one attached hydrogen (secondary N) is 6. The SMILES string of the molecule is C.O=C(NCCCNCCCNCCCNC(=O)NC(=O)N(c1ccccc1)c1ccccc1)NC(=O)N(c1ccccc1)c1ccccc1. The number of benzene rings is 4. The molecule has 0 saturated carbocycles. The average molecular weight is 681 g/mol. The standard InChI is InChI=1S/C37H44N8O4.CH4/c46-34(42-36(48)44(30-16-5-1-6-17-30)31-18-7-2-8-19-31)40-28-14-26-38-24-13-25-39-27-15-29-41-35(47)43-37(49)45(32-20-9-3-10-21-32)33-22-11-4-12-23-33;/h1-12,16-23,38-39H,13-15,24-29H2,(H2,40,42,46,48)(H2,41,43,47,49);1H4. The van der Waals surface area contributed by atoms with Crippen LogP contribution < -0.4 is 41.7 Å². The van der Waals surface area contributed by atoms with Gasteiger partial charge in [-0.15, -0.1) is 0 Å². The van der Waals surface area contributed by atoms with Crippen LogP contribution in [0.4, 0.5) is 41.9 Å². The first-order valence-electron chi connectivity index (χ1n) is 16.4. The topological polar surface area (TPSA) is 147 Å². The monoisotopic (exact) mass is 680 g/mol. The smallest absolute Gasteiger partial charge is 0.334 e. The quantitative estimate of drug-likeness (QED) is 0.0747. The Labute approximate surface area is 294 Å². The van der Waals surface area contributed by atoms with Crippen molar-refractivity contribution in [2.24, 2.45) is 0 Å². The maximum Gasteiger partial charge on any atom is 0.334 e. The van der Waals surface area contributed by atoms with E-state index in [2.05, 4.69) is 31.9 Å². The van der Waals surface area contributed by atoms with Gasteiger partial charge in [0, 0.05) is 13.1 Å². The van der Waals surface area contributed by atoms with E-state index >= 15 is 0 Å². The van der Waals surface area contributed by atoms with Crippen LogP contribution in [0.5, 0.6) is 0 Å². The predicted molar refractivity (Wildman–Crippen MR) is 200 cm³/mol. The third kappa shape index (κ3) is 13.1. The summed E-state index contributed by atoms with van der Waals surface area (Å²) in [5.74, 6) is 0. The van der Waals surface area contributed by atoms with Crippen LogP contribution >= 0.6 is 0 Å². The maximum absolute atomic E-state index is 13.0. The molecule has 0 aliphatic rings. The molecule has 264 valence electrons. The van der Waals surface area contributed by atoms with E-state index in [0.717, 1.165) is 32.6 Å².